The summed E-state index contributed by atoms with van der Waals surface area (Å²) in [4.78, 5) is 13.7. The number of methoxy groups -OCH3 is 1. The van der Waals surface area contributed by atoms with Gasteiger partial charge < -0.3 is 19.7 Å². The fraction of sp³-hybridized carbons (Fsp3) is 0.588. The van der Waals surface area contributed by atoms with Crippen molar-refractivity contribution in [2.24, 2.45) is 0 Å². The minimum atomic E-state index is -3.69. The van der Waals surface area contributed by atoms with Crippen molar-refractivity contribution < 1.29 is 27.6 Å². The minimum absolute atomic E-state index is 0.236. The number of ether oxygens (including phenoxy) is 2. The number of benzene rings is 1. The first-order chi connectivity index (χ1) is 12.8. The maximum atomic E-state index is 12.3. The van der Waals surface area contributed by atoms with Crippen LogP contribution in [0.25, 0.3) is 0 Å². The van der Waals surface area contributed by atoms with Gasteiger partial charge in [-0.05, 0) is 18.2 Å². The average Bonchev–Trinajstić information content (AvgIpc) is 2.63. The minimum Gasteiger partial charge on any atom is -0.495 e. The van der Waals surface area contributed by atoms with E-state index < -0.39 is 10.0 Å². The van der Waals surface area contributed by atoms with E-state index in [-0.39, 0.29) is 18.1 Å². The number of rotatable bonds is 9. The molecule has 1 saturated heterocycles. The lowest BCUT2D eigenvalue weighted by atomic mass is 10.3. The molecular formula is C17H27ClN3O5S+. The van der Waals surface area contributed by atoms with Crippen LogP contribution in [0.2, 0.25) is 5.02 Å². The Hall–Kier alpha value is -1.55. The quantitative estimate of drug-likeness (QED) is 0.527. The summed E-state index contributed by atoms with van der Waals surface area (Å²) < 4.78 is 36.0. The molecule has 1 aromatic carbocycles. The van der Waals surface area contributed by atoms with Crippen LogP contribution in [0.5, 0.6) is 5.75 Å². The number of morpholine rings is 1. The first-order valence-corrected chi connectivity index (χ1v) is 11.0. The molecule has 10 heteroatoms. The molecule has 152 valence electrons. The summed E-state index contributed by atoms with van der Waals surface area (Å²) in [7, 11) is -2.26. The smallest absolute Gasteiger partial charge is 0.240 e. The first kappa shape index (κ1) is 21.7. The zero-order chi connectivity index (χ0) is 19.9. The van der Waals surface area contributed by atoms with Crippen LogP contribution in [0.3, 0.4) is 0 Å². The van der Waals surface area contributed by atoms with E-state index >= 15 is 0 Å². The maximum Gasteiger partial charge on any atom is 0.240 e. The number of hydrogen-bond donors (Lipinski definition) is 2. The van der Waals surface area contributed by atoms with Gasteiger partial charge in [0.25, 0.3) is 0 Å². The molecule has 0 saturated carbocycles. The Kier molecular flexibility index (Phi) is 8.15. The Morgan fingerprint density at radius 3 is 2.70 bits per heavy atom. The Bertz CT molecular complexity index is 738. The van der Waals surface area contributed by atoms with Gasteiger partial charge in [-0.25, -0.2) is 8.42 Å². The molecule has 0 radical (unpaired) electrons. The fourth-order valence-corrected chi connectivity index (χ4v) is 3.92. The highest BCUT2D eigenvalue weighted by molar-refractivity contribution is 7.92. The molecule has 0 bridgehead atoms. The zero-order valence-electron chi connectivity index (χ0n) is 15.7. The SMILES string of the molecule is COc1ccc(Cl)cc1N(CC(=O)NCCC[NH+]1CCOCC1)S(C)(=O)=O. The summed E-state index contributed by atoms with van der Waals surface area (Å²) in [6.45, 7) is 4.60. The monoisotopic (exact) mass is 420 g/mol. The molecule has 0 aliphatic carbocycles. The summed E-state index contributed by atoms with van der Waals surface area (Å²) in [5.41, 5.74) is 0.236. The number of halogens is 1. The lowest BCUT2D eigenvalue weighted by molar-refractivity contribution is -0.908. The molecule has 1 fully saturated rings. The van der Waals surface area contributed by atoms with Crippen molar-refractivity contribution in [3.8, 4) is 5.75 Å². The Labute approximate surface area is 165 Å². The van der Waals surface area contributed by atoms with Gasteiger partial charge in [-0.1, -0.05) is 11.6 Å². The molecule has 2 rings (SSSR count). The third-order valence-electron chi connectivity index (χ3n) is 4.33. The lowest BCUT2D eigenvalue weighted by Crippen LogP contribution is -3.14. The van der Waals surface area contributed by atoms with Crippen LogP contribution >= 0.6 is 11.6 Å². The number of anilines is 1. The molecule has 0 unspecified atom stereocenters. The van der Waals surface area contributed by atoms with E-state index in [1.807, 2.05) is 0 Å². The number of quaternary nitrogens is 1. The molecule has 1 amide bonds. The van der Waals surface area contributed by atoms with Crippen LogP contribution in [-0.2, 0) is 19.6 Å². The van der Waals surface area contributed by atoms with E-state index in [1.54, 1.807) is 12.1 Å². The van der Waals surface area contributed by atoms with Crippen LogP contribution in [-0.4, -0.2) is 73.6 Å². The molecule has 8 nitrogen and oxygen atoms in total. The first-order valence-electron chi connectivity index (χ1n) is 8.80. The lowest BCUT2D eigenvalue weighted by Gasteiger charge is -2.25. The Morgan fingerprint density at radius 2 is 2.07 bits per heavy atom. The maximum absolute atomic E-state index is 12.3. The van der Waals surface area contributed by atoms with Crippen LogP contribution in [0.4, 0.5) is 5.69 Å². The van der Waals surface area contributed by atoms with Gasteiger partial charge in [0.05, 0.1) is 38.8 Å². The van der Waals surface area contributed by atoms with Crippen molar-refractivity contribution in [3.05, 3.63) is 23.2 Å². The van der Waals surface area contributed by atoms with Gasteiger partial charge >= 0.3 is 0 Å². The molecule has 0 spiro atoms. The van der Waals surface area contributed by atoms with Crippen LogP contribution in [0, 0.1) is 0 Å². The molecule has 1 aromatic rings. The highest BCUT2D eigenvalue weighted by Crippen LogP contribution is 2.32. The van der Waals surface area contributed by atoms with Gasteiger partial charge in [0, 0.05) is 18.0 Å². The number of carbonyl (C=O) groups excluding carboxylic acids is 1. The number of carbonyl (C=O) groups is 1. The third kappa shape index (κ3) is 6.84. The van der Waals surface area contributed by atoms with E-state index in [2.05, 4.69) is 5.32 Å². The summed E-state index contributed by atoms with van der Waals surface area (Å²) in [6.07, 6.45) is 1.86. The summed E-state index contributed by atoms with van der Waals surface area (Å²) in [5.74, 6) is -0.0482. The van der Waals surface area contributed by atoms with Crippen LogP contribution in [0.15, 0.2) is 18.2 Å². The summed E-state index contributed by atoms with van der Waals surface area (Å²) in [6, 6.07) is 4.63. The second kappa shape index (κ2) is 10.1. The van der Waals surface area contributed by atoms with E-state index in [0.29, 0.717) is 17.3 Å². The molecule has 1 aliphatic rings. The van der Waals surface area contributed by atoms with Gasteiger partial charge in [-0.15, -0.1) is 0 Å². The normalized spacial score (nSPS) is 15.4. The molecule has 27 heavy (non-hydrogen) atoms. The Balaban J connectivity index is 1.94. The summed E-state index contributed by atoms with van der Waals surface area (Å²) in [5, 5.41) is 3.14. The van der Waals surface area contributed by atoms with E-state index in [0.717, 1.165) is 49.8 Å². The Morgan fingerprint density at radius 1 is 1.37 bits per heavy atom. The molecule has 0 aromatic heterocycles. The molecule has 1 heterocycles. The van der Waals surface area contributed by atoms with E-state index in [4.69, 9.17) is 21.1 Å². The standard InChI is InChI=1S/C17H26ClN3O5S/c1-25-16-5-4-14(18)12-15(16)21(27(2,23)24)13-17(22)19-6-3-7-20-8-10-26-11-9-20/h4-5,12H,3,6-11,13H2,1-2H3,(H,19,22)/p+1. The average molecular weight is 421 g/mol. The number of amides is 1. The van der Waals surface area contributed by atoms with E-state index in [1.165, 1.54) is 18.1 Å². The number of sulfonamides is 1. The predicted octanol–water partition coefficient (Wildman–Crippen LogP) is -0.464. The van der Waals surface area contributed by atoms with Crippen molar-refractivity contribution in [2.75, 3.05) is 63.6 Å². The van der Waals surface area contributed by atoms with Gasteiger partial charge in [-0.2, -0.15) is 0 Å². The van der Waals surface area contributed by atoms with E-state index in [9.17, 15) is 13.2 Å². The molecule has 0 atom stereocenters. The second-order valence-electron chi connectivity index (χ2n) is 6.40. The molecule has 1 aliphatic heterocycles. The van der Waals surface area contributed by atoms with Crippen molar-refractivity contribution in [2.45, 2.75) is 6.42 Å². The summed E-state index contributed by atoms with van der Waals surface area (Å²) >= 11 is 5.99. The van der Waals surface area contributed by atoms with Crippen molar-refractivity contribution in [1.29, 1.82) is 0 Å². The largest absolute Gasteiger partial charge is 0.495 e. The van der Waals surface area contributed by atoms with Crippen molar-refractivity contribution in [1.82, 2.24) is 5.32 Å². The molecular weight excluding hydrogens is 394 g/mol. The van der Waals surface area contributed by atoms with Gasteiger partial charge in [0.1, 0.15) is 25.4 Å². The zero-order valence-corrected chi connectivity index (χ0v) is 17.2. The number of nitrogens with one attached hydrogen (secondary N) is 2. The number of hydrogen-bond acceptors (Lipinski definition) is 5. The fourth-order valence-electron chi connectivity index (χ4n) is 2.90. The molecule has 2 N–H and O–H groups in total. The second-order valence-corrected chi connectivity index (χ2v) is 8.74. The topological polar surface area (TPSA) is 89.4 Å². The van der Waals surface area contributed by atoms with Gasteiger partial charge in [-0.3, -0.25) is 9.10 Å². The van der Waals surface area contributed by atoms with Crippen LogP contribution < -0.4 is 19.3 Å². The predicted molar refractivity (Wildman–Crippen MR) is 104 cm³/mol. The van der Waals surface area contributed by atoms with Gasteiger partial charge in [0.2, 0.25) is 15.9 Å². The van der Waals surface area contributed by atoms with Crippen molar-refractivity contribution in [3.63, 3.8) is 0 Å². The highest BCUT2D eigenvalue weighted by Gasteiger charge is 2.24. The third-order valence-corrected chi connectivity index (χ3v) is 5.69. The number of nitrogens with zero attached hydrogens (tertiary/aromatic N) is 1. The highest BCUT2D eigenvalue weighted by atomic mass is 35.5. The van der Waals surface area contributed by atoms with Crippen LogP contribution in [0.1, 0.15) is 6.42 Å². The van der Waals surface area contributed by atoms with Crippen molar-refractivity contribution >= 4 is 33.2 Å². The van der Waals surface area contributed by atoms with Gasteiger partial charge in [0.15, 0.2) is 0 Å².